The minimum atomic E-state index is -0.809. The van der Waals surface area contributed by atoms with Crippen LogP contribution in [0.4, 0.5) is 0 Å². The van der Waals surface area contributed by atoms with E-state index in [4.69, 9.17) is 4.74 Å². The second-order valence-corrected chi connectivity index (χ2v) is 8.61. The van der Waals surface area contributed by atoms with Crippen LogP contribution in [-0.2, 0) is 20.7 Å². The highest BCUT2D eigenvalue weighted by Gasteiger charge is 2.48. The quantitative estimate of drug-likeness (QED) is 0.617. The molecule has 5 rings (SSSR count). The average Bonchev–Trinajstić information content (AvgIpc) is 3.47. The number of ketones is 1. The maximum Gasteiger partial charge on any atom is 0.251 e. The smallest absolute Gasteiger partial charge is 0.251 e. The summed E-state index contributed by atoms with van der Waals surface area (Å²) in [6.07, 6.45) is 3.99. The minimum absolute atomic E-state index is 0.0360. The number of carbonyl (C=O) groups excluding carboxylic acids is 3. The number of aromatic nitrogens is 1. The monoisotopic (exact) mass is 455 g/mol. The van der Waals surface area contributed by atoms with Gasteiger partial charge in [-0.1, -0.05) is 42.5 Å². The zero-order valence-electron chi connectivity index (χ0n) is 18.6. The number of likely N-dealkylation sites (tertiary alicyclic amines) is 1. The lowest BCUT2D eigenvalue weighted by Crippen LogP contribution is -2.53. The predicted octanol–water partition coefficient (Wildman–Crippen LogP) is 2.66. The molecule has 1 N–H and O–H groups in total. The highest BCUT2D eigenvalue weighted by molar-refractivity contribution is 5.99. The summed E-state index contributed by atoms with van der Waals surface area (Å²) in [5.41, 5.74) is 3.40. The van der Waals surface area contributed by atoms with Gasteiger partial charge in [-0.25, -0.2) is 0 Å². The van der Waals surface area contributed by atoms with Gasteiger partial charge in [0.05, 0.1) is 6.10 Å². The first kappa shape index (κ1) is 22.0. The van der Waals surface area contributed by atoms with E-state index < -0.39 is 12.1 Å². The number of amides is 2. The Labute approximate surface area is 197 Å². The van der Waals surface area contributed by atoms with Gasteiger partial charge in [-0.15, -0.1) is 0 Å². The van der Waals surface area contributed by atoms with Crippen LogP contribution >= 0.6 is 0 Å². The summed E-state index contributed by atoms with van der Waals surface area (Å²) in [7, 11) is 0. The number of nitrogens with zero attached hydrogens (tertiary/aromatic N) is 2. The Bertz CT molecular complexity index is 1180. The van der Waals surface area contributed by atoms with Crippen LogP contribution in [0.25, 0.3) is 11.1 Å². The third-order valence-corrected chi connectivity index (χ3v) is 6.44. The molecule has 1 aromatic heterocycles. The molecule has 7 nitrogen and oxygen atoms in total. The van der Waals surface area contributed by atoms with E-state index in [0.717, 1.165) is 16.7 Å². The summed E-state index contributed by atoms with van der Waals surface area (Å²) in [6, 6.07) is 19.5. The number of hydrogen-bond donors (Lipinski definition) is 1. The molecule has 0 saturated carbocycles. The van der Waals surface area contributed by atoms with Crippen LogP contribution in [0.2, 0.25) is 0 Å². The Hall–Kier alpha value is -3.84. The molecule has 172 valence electrons. The zero-order chi connectivity index (χ0) is 23.5. The lowest BCUT2D eigenvalue weighted by molar-refractivity contribution is -0.138. The number of benzene rings is 2. The standard InChI is InChI=1S/C27H25N3O4/c31-23-17-34-24-12-15-30(25(23)24)27(33)22(16-18-10-13-28-14-11-18)29-26(32)21-8-6-20(7-9-21)19-4-2-1-3-5-19/h1-11,13-14,22,24-25H,12,15-17H2,(H,29,32). The van der Waals surface area contributed by atoms with Gasteiger partial charge in [0.2, 0.25) is 5.91 Å². The van der Waals surface area contributed by atoms with Gasteiger partial charge in [0.15, 0.2) is 5.78 Å². The summed E-state index contributed by atoms with van der Waals surface area (Å²) in [5, 5.41) is 2.91. The minimum Gasteiger partial charge on any atom is -0.368 e. The first-order valence-corrected chi connectivity index (χ1v) is 11.4. The molecule has 2 saturated heterocycles. The molecule has 2 fully saturated rings. The van der Waals surface area contributed by atoms with E-state index in [1.165, 1.54) is 0 Å². The number of Topliss-reactive ketones (excluding diaryl/α,β-unsaturated/α-hetero) is 1. The van der Waals surface area contributed by atoms with Gasteiger partial charge in [-0.3, -0.25) is 19.4 Å². The van der Waals surface area contributed by atoms with E-state index in [9.17, 15) is 14.4 Å². The van der Waals surface area contributed by atoms with Crippen LogP contribution in [0.15, 0.2) is 79.1 Å². The summed E-state index contributed by atoms with van der Waals surface area (Å²) in [6.45, 7) is 0.475. The number of fused-ring (bicyclic) bond motifs is 1. The van der Waals surface area contributed by atoms with Gasteiger partial charge < -0.3 is 15.0 Å². The van der Waals surface area contributed by atoms with Crippen molar-refractivity contribution in [2.75, 3.05) is 13.2 Å². The summed E-state index contributed by atoms with van der Waals surface area (Å²) in [4.78, 5) is 44.6. The first-order valence-electron chi connectivity index (χ1n) is 11.4. The van der Waals surface area contributed by atoms with Crippen molar-refractivity contribution >= 4 is 17.6 Å². The van der Waals surface area contributed by atoms with Gasteiger partial charge in [0.25, 0.3) is 5.91 Å². The normalized spacial score (nSPS) is 20.1. The second kappa shape index (κ2) is 9.57. The van der Waals surface area contributed by atoms with Crippen molar-refractivity contribution in [3.05, 3.63) is 90.3 Å². The Kier molecular flexibility index (Phi) is 6.18. The highest BCUT2D eigenvalue weighted by Crippen LogP contribution is 2.28. The summed E-state index contributed by atoms with van der Waals surface area (Å²) >= 11 is 0. The maximum absolute atomic E-state index is 13.5. The number of nitrogens with one attached hydrogen (secondary N) is 1. The molecule has 0 aliphatic carbocycles. The number of carbonyl (C=O) groups is 3. The molecule has 7 heteroatoms. The molecule has 2 aromatic carbocycles. The molecule has 0 bridgehead atoms. The zero-order valence-corrected chi connectivity index (χ0v) is 18.6. The first-order chi connectivity index (χ1) is 16.6. The SMILES string of the molecule is O=C(NC(Cc1ccncc1)C(=O)N1CCC2OCC(=O)C21)c1ccc(-c2ccccc2)cc1. The van der Waals surface area contributed by atoms with E-state index in [2.05, 4.69) is 10.3 Å². The number of ether oxygens (including phenoxy) is 1. The third kappa shape index (κ3) is 4.47. The number of hydrogen-bond acceptors (Lipinski definition) is 5. The van der Waals surface area contributed by atoms with E-state index >= 15 is 0 Å². The molecule has 0 spiro atoms. The van der Waals surface area contributed by atoms with Crippen LogP contribution in [0.5, 0.6) is 0 Å². The van der Waals surface area contributed by atoms with Crippen molar-refractivity contribution in [3.63, 3.8) is 0 Å². The van der Waals surface area contributed by atoms with Crippen LogP contribution in [-0.4, -0.2) is 58.8 Å². The lowest BCUT2D eigenvalue weighted by atomic mass is 10.0. The van der Waals surface area contributed by atoms with E-state index in [1.807, 2.05) is 54.6 Å². The second-order valence-electron chi connectivity index (χ2n) is 8.61. The fourth-order valence-electron chi connectivity index (χ4n) is 4.68. The molecule has 3 aromatic rings. The average molecular weight is 456 g/mol. The third-order valence-electron chi connectivity index (χ3n) is 6.44. The summed E-state index contributed by atoms with van der Waals surface area (Å²) < 4.78 is 5.53. The van der Waals surface area contributed by atoms with Crippen LogP contribution < -0.4 is 5.32 Å². The molecule has 3 heterocycles. The topological polar surface area (TPSA) is 88.6 Å². The largest absolute Gasteiger partial charge is 0.368 e. The van der Waals surface area contributed by atoms with Gasteiger partial charge in [0.1, 0.15) is 18.7 Å². The molecule has 34 heavy (non-hydrogen) atoms. The van der Waals surface area contributed by atoms with Gasteiger partial charge in [-0.05, 0) is 47.4 Å². The van der Waals surface area contributed by atoms with Crippen molar-refractivity contribution < 1.29 is 19.1 Å². The van der Waals surface area contributed by atoms with Gasteiger partial charge >= 0.3 is 0 Å². The van der Waals surface area contributed by atoms with Crippen molar-refractivity contribution in [3.8, 4) is 11.1 Å². The fourth-order valence-corrected chi connectivity index (χ4v) is 4.68. The van der Waals surface area contributed by atoms with E-state index in [0.29, 0.717) is 24.9 Å². The van der Waals surface area contributed by atoms with E-state index in [1.54, 1.807) is 29.4 Å². The van der Waals surface area contributed by atoms with Gasteiger partial charge in [-0.2, -0.15) is 0 Å². The van der Waals surface area contributed by atoms with Crippen LogP contribution in [0.1, 0.15) is 22.3 Å². The fraction of sp³-hybridized carbons (Fsp3) is 0.259. The Morgan fingerprint density at radius 1 is 1.00 bits per heavy atom. The van der Waals surface area contributed by atoms with Crippen LogP contribution in [0, 0.1) is 0 Å². The van der Waals surface area contributed by atoms with Crippen molar-refractivity contribution in [2.24, 2.45) is 0 Å². The molecule has 3 atom stereocenters. The lowest BCUT2D eigenvalue weighted by Gasteiger charge is -2.27. The molecule has 0 radical (unpaired) electrons. The Morgan fingerprint density at radius 3 is 2.44 bits per heavy atom. The van der Waals surface area contributed by atoms with Crippen molar-refractivity contribution in [1.29, 1.82) is 0 Å². The molecule has 2 amide bonds. The van der Waals surface area contributed by atoms with Crippen molar-refractivity contribution in [1.82, 2.24) is 15.2 Å². The molecule has 2 aliphatic rings. The number of pyridine rings is 1. The van der Waals surface area contributed by atoms with E-state index in [-0.39, 0.29) is 30.3 Å². The summed E-state index contributed by atoms with van der Waals surface area (Å²) in [5.74, 6) is -0.685. The highest BCUT2D eigenvalue weighted by atomic mass is 16.5. The van der Waals surface area contributed by atoms with Crippen LogP contribution in [0.3, 0.4) is 0 Å². The maximum atomic E-state index is 13.5. The molecule has 3 unspecified atom stereocenters. The Balaban J connectivity index is 1.35. The molecular formula is C27H25N3O4. The molecular weight excluding hydrogens is 430 g/mol. The Morgan fingerprint density at radius 2 is 1.71 bits per heavy atom. The predicted molar refractivity (Wildman–Crippen MR) is 126 cm³/mol. The molecule has 2 aliphatic heterocycles. The number of rotatable bonds is 6. The van der Waals surface area contributed by atoms with Crippen molar-refractivity contribution in [2.45, 2.75) is 31.0 Å². The van der Waals surface area contributed by atoms with Gasteiger partial charge in [0, 0.05) is 30.9 Å².